The maximum atomic E-state index is 10.2. The van der Waals surface area contributed by atoms with Gasteiger partial charge >= 0.3 is 0 Å². The Kier molecular flexibility index (Phi) is 6.95. The van der Waals surface area contributed by atoms with Crippen LogP contribution in [0.1, 0.15) is 31.0 Å². The Morgan fingerprint density at radius 2 is 2.00 bits per heavy atom. The van der Waals surface area contributed by atoms with E-state index in [0.29, 0.717) is 28.8 Å². The molecule has 0 spiro atoms. The number of halogens is 1. The van der Waals surface area contributed by atoms with E-state index in [1.54, 1.807) is 6.07 Å². The van der Waals surface area contributed by atoms with Crippen LogP contribution < -0.4 is 15.4 Å². The van der Waals surface area contributed by atoms with Crippen molar-refractivity contribution in [3.8, 4) is 11.5 Å². The molecule has 0 aliphatic rings. The SMILES string of the molecule is CCNC(=NCc1cccc(OC)c1O)NC(C)c1ccccc1Cl. The summed E-state index contributed by atoms with van der Waals surface area (Å²) in [4.78, 5) is 4.55. The molecular weight excluding hydrogens is 338 g/mol. The topological polar surface area (TPSA) is 65.9 Å². The van der Waals surface area contributed by atoms with Gasteiger partial charge in [-0.1, -0.05) is 41.9 Å². The number of para-hydroxylation sites is 1. The average molecular weight is 362 g/mol. The normalized spacial score (nSPS) is 12.6. The molecule has 1 atom stereocenters. The van der Waals surface area contributed by atoms with Crippen molar-refractivity contribution in [2.24, 2.45) is 4.99 Å². The van der Waals surface area contributed by atoms with Crippen LogP contribution in [-0.4, -0.2) is 24.7 Å². The van der Waals surface area contributed by atoms with Gasteiger partial charge < -0.3 is 20.5 Å². The molecule has 2 aromatic carbocycles. The lowest BCUT2D eigenvalue weighted by molar-refractivity contribution is 0.370. The minimum absolute atomic E-state index is 0.00888. The summed E-state index contributed by atoms with van der Waals surface area (Å²) in [6.45, 7) is 5.08. The van der Waals surface area contributed by atoms with Crippen LogP contribution in [0.5, 0.6) is 11.5 Å². The van der Waals surface area contributed by atoms with Gasteiger partial charge in [-0.25, -0.2) is 4.99 Å². The Morgan fingerprint density at radius 3 is 2.68 bits per heavy atom. The first-order chi connectivity index (χ1) is 12.1. The minimum atomic E-state index is -0.00888. The van der Waals surface area contributed by atoms with E-state index in [-0.39, 0.29) is 11.8 Å². The second-order valence-corrected chi connectivity index (χ2v) is 5.96. The van der Waals surface area contributed by atoms with Gasteiger partial charge in [-0.3, -0.25) is 0 Å². The van der Waals surface area contributed by atoms with Gasteiger partial charge in [-0.05, 0) is 31.5 Å². The van der Waals surface area contributed by atoms with E-state index in [4.69, 9.17) is 16.3 Å². The Balaban J connectivity index is 2.15. The largest absolute Gasteiger partial charge is 0.504 e. The van der Waals surface area contributed by atoms with Crippen molar-refractivity contribution in [1.82, 2.24) is 10.6 Å². The summed E-state index contributed by atoms with van der Waals surface area (Å²) in [5, 5.41) is 17.4. The molecule has 1 unspecified atom stereocenters. The molecule has 0 amide bonds. The number of phenols is 1. The zero-order chi connectivity index (χ0) is 18.2. The van der Waals surface area contributed by atoms with Crippen molar-refractivity contribution in [3.05, 3.63) is 58.6 Å². The number of hydrogen-bond donors (Lipinski definition) is 3. The highest BCUT2D eigenvalue weighted by molar-refractivity contribution is 6.31. The highest BCUT2D eigenvalue weighted by Crippen LogP contribution is 2.29. The summed E-state index contributed by atoms with van der Waals surface area (Å²) < 4.78 is 5.13. The Labute approximate surface area is 153 Å². The predicted molar refractivity (Wildman–Crippen MR) is 102 cm³/mol. The fourth-order valence-corrected chi connectivity index (χ4v) is 2.75. The fourth-order valence-electron chi connectivity index (χ4n) is 2.45. The lowest BCUT2D eigenvalue weighted by Crippen LogP contribution is -2.38. The third-order valence-corrected chi connectivity index (χ3v) is 4.12. The summed E-state index contributed by atoms with van der Waals surface area (Å²) >= 11 is 6.26. The lowest BCUT2D eigenvalue weighted by atomic mass is 10.1. The van der Waals surface area contributed by atoms with Crippen molar-refractivity contribution in [3.63, 3.8) is 0 Å². The van der Waals surface area contributed by atoms with Crippen LogP contribution in [0, 0.1) is 0 Å². The maximum Gasteiger partial charge on any atom is 0.192 e. The predicted octanol–water partition coefficient (Wildman–Crippen LogP) is 3.87. The van der Waals surface area contributed by atoms with Crippen molar-refractivity contribution in [1.29, 1.82) is 0 Å². The van der Waals surface area contributed by atoms with Crippen LogP contribution >= 0.6 is 11.6 Å². The Morgan fingerprint density at radius 1 is 1.24 bits per heavy atom. The van der Waals surface area contributed by atoms with Gasteiger partial charge in [0.25, 0.3) is 0 Å². The van der Waals surface area contributed by atoms with Crippen molar-refractivity contribution >= 4 is 17.6 Å². The Bertz CT molecular complexity index is 734. The number of benzene rings is 2. The van der Waals surface area contributed by atoms with E-state index >= 15 is 0 Å². The molecule has 134 valence electrons. The molecule has 2 aromatic rings. The molecule has 3 N–H and O–H groups in total. The van der Waals surface area contributed by atoms with Crippen LogP contribution in [0.25, 0.3) is 0 Å². The number of nitrogens with zero attached hydrogens (tertiary/aromatic N) is 1. The van der Waals surface area contributed by atoms with Crippen LogP contribution in [-0.2, 0) is 6.54 Å². The monoisotopic (exact) mass is 361 g/mol. The lowest BCUT2D eigenvalue weighted by Gasteiger charge is -2.19. The van der Waals surface area contributed by atoms with Gasteiger partial charge in [-0.2, -0.15) is 0 Å². The second kappa shape index (κ2) is 9.18. The molecule has 0 aromatic heterocycles. The first kappa shape index (κ1) is 18.9. The molecule has 5 nitrogen and oxygen atoms in total. The molecule has 2 rings (SSSR count). The van der Waals surface area contributed by atoms with E-state index in [9.17, 15) is 5.11 Å². The second-order valence-electron chi connectivity index (χ2n) is 5.55. The third-order valence-electron chi connectivity index (χ3n) is 3.78. The maximum absolute atomic E-state index is 10.2. The van der Waals surface area contributed by atoms with Gasteiger partial charge in [0.1, 0.15) is 0 Å². The quantitative estimate of drug-likeness (QED) is 0.539. The summed E-state index contributed by atoms with van der Waals surface area (Å²) in [6, 6.07) is 13.1. The number of guanidine groups is 1. The van der Waals surface area contributed by atoms with Gasteiger partial charge in [-0.15, -0.1) is 0 Å². The van der Waals surface area contributed by atoms with Gasteiger partial charge in [0.2, 0.25) is 0 Å². The first-order valence-corrected chi connectivity index (χ1v) is 8.58. The summed E-state index contributed by atoms with van der Waals surface area (Å²) in [5.74, 6) is 1.20. The molecule has 0 radical (unpaired) electrons. The molecule has 0 saturated heterocycles. The smallest absolute Gasteiger partial charge is 0.192 e. The minimum Gasteiger partial charge on any atom is -0.504 e. The van der Waals surface area contributed by atoms with E-state index < -0.39 is 0 Å². The van der Waals surface area contributed by atoms with Crippen molar-refractivity contribution < 1.29 is 9.84 Å². The molecule has 6 heteroatoms. The number of hydrogen-bond acceptors (Lipinski definition) is 3. The number of methoxy groups -OCH3 is 1. The van der Waals surface area contributed by atoms with Crippen LogP contribution in [0.2, 0.25) is 5.02 Å². The van der Waals surface area contributed by atoms with Gasteiger partial charge in [0.15, 0.2) is 17.5 Å². The van der Waals surface area contributed by atoms with E-state index in [0.717, 1.165) is 12.1 Å². The number of rotatable bonds is 6. The van der Waals surface area contributed by atoms with E-state index in [1.165, 1.54) is 7.11 Å². The van der Waals surface area contributed by atoms with E-state index in [1.807, 2.05) is 50.2 Å². The third kappa shape index (κ3) is 5.03. The zero-order valence-electron chi connectivity index (χ0n) is 14.7. The number of phenolic OH excluding ortho intramolecular Hbond substituents is 1. The van der Waals surface area contributed by atoms with E-state index in [2.05, 4.69) is 15.6 Å². The molecule has 0 aliphatic carbocycles. The fraction of sp³-hybridized carbons (Fsp3) is 0.316. The molecule has 0 bridgehead atoms. The average Bonchev–Trinajstić information content (AvgIpc) is 2.61. The van der Waals surface area contributed by atoms with Crippen LogP contribution in [0.15, 0.2) is 47.5 Å². The van der Waals surface area contributed by atoms with Crippen molar-refractivity contribution in [2.45, 2.75) is 26.4 Å². The Hall–Kier alpha value is -2.40. The summed E-state index contributed by atoms with van der Waals surface area (Å²) in [6.07, 6.45) is 0. The highest BCUT2D eigenvalue weighted by Gasteiger charge is 2.11. The van der Waals surface area contributed by atoms with Gasteiger partial charge in [0.05, 0.1) is 19.7 Å². The zero-order valence-corrected chi connectivity index (χ0v) is 15.5. The highest BCUT2D eigenvalue weighted by atomic mass is 35.5. The first-order valence-electron chi connectivity index (χ1n) is 8.21. The molecular formula is C19H24ClN3O2. The van der Waals surface area contributed by atoms with Crippen LogP contribution in [0.3, 0.4) is 0 Å². The number of ether oxygens (including phenoxy) is 1. The van der Waals surface area contributed by atoms with Gasteiger partial charge in [0, 0.05) is 17.1 Å². The number of aromatic hydroxyl groups is 1. The summed E-state index contributed by atoms with van der Waals surface area (Å²) in [7, 11) is 1.53. The van der Waals surface area contributed by atoms with Crippen molar-refractivity contribution in [2.75, 3.05) is 13.7 Å². The number of aliphatic imine (C=N–C) groups is 1. The standard InChI is InChI=1S/C19H24ClN3O2/c1-4-21-19(23-13(2)15-9-5-6-10-16(15)20)22-12-14-8-7-11-17(25-3)18(14)24/h5-11,13,24H,4,12H2,1-3H3,(H2,21,22,23). The molecule has 0 heterocycles. The molecule has 0 fully saturated rings. The molecule has 25 heavy (non-hydrogen) atoms. The molecule has 0 saturated carbocycles. The summed E-state index contributed by atoms with van der Waals surface area (Å²) in [5.41, 5.74) is 1.70. The molecule has 0 aliphatic heterocycles. The van der Waals surface area contributed by atoms with Crippen LogP contribution in [0.4, 0.5) is 0 Å². The number of nitrogens with one attached hydrogen (secondary N) is 2.